The van der Waals surface area contributed by atoms with Gasteiger partial charge in [0.15, 0.2) is 0 Å². The first-order valence-electron chi connectivity index (χ1n) is 10.1. The number of carbonyl (C=O) groups is 2. The molecule has 31 heavy (non-hydrogen) atoms. The molecule has 3 aromatic rings. The van der Waals surface area contributed by atoms with Crippen LogP contribution in [0.2, 0.25) is 0 Å². The molecule has 0 saturated carbocycles. The minimum Gasteiger partial charge on any atom is -0.507 e. The van der Waals surface area contributed by atoms with E-state index in [2.05, 4.69) is 0 Å². The predicted molar refractivity (Wildman–Crippen MR) is 121 cm³/mol. The van der Waals surface area contributed by atoms with E-state index in [-0.39, 0.29) is 11.3 Å². The van der Waals surface area contributed by atoms with Crippen molar-refractivity contribution in [2.45, 2.75) is 26.3 Å². The van der Waals surface area contributed by atoms with Crippen molar-refractivity contribution in [3.05, 3.63) is 86.6 Å². The normalized spacial score (nSPS) is 19.5. The van der Waals surface area contributed by atoms with Crippen molar-refractivity contribution >= 4 is 34.5 Å². The summed E-state index contributed by atoms with van der Waals surface area (Å²) in [7, 11) is 0. The second kappa shape index (κ2) is 7.39. The predicted octanol–water partition coefficient (Wildman–Crippen LogP) is 4.93. The summed E-state index contributed by atoms with van der Waals surface area (Å²) in [4.78, 5) is 28.7. The fourth-order valence-corrected chi connectivity index (χ4v) is 5.22. The standard InChI is InChI=1S/C25H21NO4S/c1-14-10-15(2)12-18(11-14)26-22(20-4-3-9-31-20)21(24(28)25(26)29)23(27)17-5-6-19-16(13-17)7-8-30-19/h3-6,9-13,22,27H,7-8H2,1-2H3/b23-21-. The molecule has 0 bridgehead atoms. The Bertz CT molecular complexity index is 1220. The van der Waals surface area contributed by atoms with Gasteiger partial charge in [-0.2, -0.15) is 0 Å². The van der Waals surface area contributed by atoms with Crippen LogP contribution < -0.4 is 9.64 Å². The van der Waals surface area contributed by atoms with Crippen molar-refractivity contribution in [2.75, 3.05) is 11.5 Å². The molecule has 2 aliphatic heterocycles. The molecule has 2 aliphatic rings. The first-order valence-corrected chi connectivity index (χ1v) is 11.0. The van der Waals surface area contributed by atoms with Gasteiger partial charge in [0.2, 0.25) is 0 Å². The van der Waals surface area contributed by atoms with E-state index in [0.29, 0.717) is 17.9 Å². The van der Waals surface area contributed by atoms with E-state index in [4.69, 9.17) is 4.74 Å². The number of anilines is 1. The lowest BCUT2D eigenvalue weighted by molar-refractivity contribution is -0.132. The number of aliphatic hydroxyl groups is 1. The maximum absolute atomic E-state index is 13.2. The second-order valence-electron chi connectivity index (χ2n) is 7.95. The van der Waals surface area contributed by atoms with E-state index in [0.717, 1.165) is 33.7 Å². The van der Waals surface area contributed by atoms with Gasteiger partial charge in [-0.1, -0.05) is 12.1 Å². The van der Waals surface area contributed by atoms with E-state index >= 15 is 0 Å². The number of ketones is 1. The van der Waals surface area contributed by atoms with Crippen molar-refractivity contribution in [3.63, 3.8) is 0 Å². The topological polar surface area (TPSA) is 66.8 Å². The van der Waals surface area contributed by atoms with Crippen LogP contribution in [0.4, 0.5) is 5.69 Å². The van der Waals surface area contributed by atoms with Gasteiger partial charge in [-0.05, 0) is 72.3 Å². The second-order valence-corrected chi connectivity index (χ2v) is 8.93. The highest BCUT2D eigenvalue weighted by Crippen LogP contribution is 2.44. The Hall–Kier alpha value is -3.38. The number of nitrogens with zero attached hydrogens (tertiary/aromatic N) is 1. The van der Waals surface area contributed by atoms with Gasteiger partial charge < -0.3 is 9.84 Å². The summed E-state index contributed by atoms with van der Waals surface area (Å²) < 4.78 is 5.55. The Balaban J connectivity index is 1.70. The third-order valence-corrected chi connectivity index (χ3v) is 6.63. The lowest BCUT2D eigenvalue weighted by Crippen LogP contribution is -2.29. The molecule has 0 spiro atoms. The van der Waals surface area contributed by atoms with Crippen LogP contribution in [-0.4, -0.2) is 23.4 Å². The minimum absolute atomic E-state index is 0.116. The molecule has 5 nitrogen and oxygen atoms in total. The number of rotatable bonds is 3. The van der Waals surface area contributed by atoms with Crippen molar-refractivity contribution in [1.82, 2.24) is 0 Å². The number of hydrogen-bond donors (Lipinski definition) is 1. The van der Waals surface area contributed by atoms with Crippen molar-refractivity contribution in [1.29, 1.82) is 0 Å². The Morgan fingerprint density at radius 2 is 1.87 bits per heavy atom. The number of carbonyl (C=O) groups excluding carboxylic acids is 2. The molecule has 0 aliphatic carbocycles. The van der Waals surface area contributed by atoms with Gasteiger partial charge >= 0.3 is 0 Å². The van der Waals surface area contributed by atoms with E-state index < -0.39 is 17.7 Å². The third-order valence-electron chi connectivity index (χ3n) is 5.70. The van der Waals surface area contributed by atoms with Crippen molar-refractivity contribution in [3.8, 4) is 5.75 Å². The minimum atomic E-state index is -0.675. The Kier molecular flexibility index (Phi) is 4.67. The number of fused-ring (bicyclic) bond motifs is 1. The van der Waals surface area contributed by atoms with Crippen LogP contribution in [0, 0.1) is 13.8 Å². The Morgan fingerprint density at radius 1 is 1.10 bits per heavy atom. The summed E-state index contributed by atoms with van der Waals surface area (Å²) in [6.07, 6.45) is 0.752. The molecule has 1 N–H and O–H groups in total. The molecule has 1 atom stereocenters. The van der Waals surface area contributed by atoms with Gasteiger partial charge in [0.1, 0.15) is 17.6 Å². The first kappa shape index (κ1) is 19.6. The molecule has 3 heterocycles. The van der Waals surface area contributed by atoms with Crippen LogP contribution >= 0.6 is 11.3 Å². The number of hydrogen-bond acceptors (Lipinski definition) is 5. The van der Waals surface area contributed by atoms with Gasteiger partial charge in [0, 0.05) is 22.5 Å². The van der Waals surface area contributed by atoms with Crippen LogP contribution in [0.5, 0.6) is 5.75 Å². The number of thiophene rings is 1. The Morgan fingerprint density at radius 3 is 2.58 bits per heavy atom. The molecule has 0 radical (unpaired) electrons. The lowest BCUT2D eigenvalue weighted by atomic mass is 9.98. The largest absolute Gasteiger partial charge is 0.507 e. The highest BCUT2D eigenvalue weighted by Gasteiger charge is 2.47. The molecular formula is C25H21NO4S. The summed E-state index contributed by atoms with van der Waals surface area (Å²) >= 11 is 1.46. The third kappa shape index (κ3) is 3.24. The van der Waals surface area contributed by atoms with Gasteiger partial charge in [-0.25, -0.2) is 0 Å². The summed E-state index contributed by atoms with van der Waals surface area (Å²) in [5.41, 5.74) is 4.27. The van der Waals surface area contributed by atoms with Gasteiger partial charge in [0.25, 0.3) is 11.7 Å². The average molecular weight is 432 g/mol. The summed E-state index contributed by atoms with van der Waals surface area (Å²) in [5.74, 6) is -0.665. The number of ether oxygens (including phenoxy) is 1. The zero-order chi connectivity index (χ0) is 21.7. The average Bonchev–Trinajstić information content (AvgIpc) is 3.47. The van der Waals surface area contributed by atoms with Crippen LogP contribution in [-0.2, 0) is 16.0 Å². The van der Waals surface area contributed by atoms with Crippen LogP contribution in [0.3, 0.4) is 0 Å². The van der Waals surface area contributed by atoms with Crippen molar-refractivity contribution < 1.29 is 19.4 Å². The van der Waals surface area contributed by atoms with E-state index in [1.165, 1.54) is 16.2 Å². The molecule has 6 heteroatoms. The number of aryl methyl sites for hydroxylation is 2. The van der Waals surface area contributed by atoms with Gasteiger partial charge in [0.05, 0.1) is 12.2 Å². The molecule has 1 aromatic heterocycles. The summed E-state index contributed by atoms with van der Waals surface area (Å²) in [6, 6.07) is 14.3. The zero-order valence-electron chi connectivity index (χ0n) is 17.2. The Labute approximate surface area is 184 Å². The maximum Gasteiger partial charge on any atom is 0.300 e. The maximum atomic E-state index is 13.2. The van der Waals surface area contributed by atoms with E-state index in [9.17, 15) is 14.7 Å². The smallest absolute Gasteiger partial charge is 0.300 e. The SMILES string of the molecule is Cc1cc(C)cc(N2C(=O)C(=O)/C(=C(\O)c3ccc4c(c3)CCO4)C2c2cccs2)c1. The van der Waals surface area contributed by atoms with Crippen LogP contribution in [0.25, 0.3) is 5.76 Å². The quantitative estimate of drug-likeness (QED) is 0.363. The van der Waals surface area contributed by atoms with Crippen LogP contribution in [0.1, 0.15) is 33.2 Å². The van der Waals surface area contributed by atoms with Crippen LogP contribution in [0.15, 0.2) is 59.5 Å². The number of Topliss-reactive ketones (excluding diaryl/α,β-unsaturated/α-hetero) is 1. The summed E-state index contributed by atoms with van der Waals surface area (Å²) in [6.45, 7) is 4.52. The molecule has 1 unspecified atom stereocenters. The first-order chi connectivity index (χ1) is 14.9. The van der Waals surface area contributed by atoms with Crippen molar-refractivity contribution in [2.24, 2.45) is 0 Å². The lowest BCUT2D eigenvalue weighted by Gasteiger charge is -2.25. The highest BCUT2D eigenvalue weighted by molar-refractivity contribution is 7.10. The molecule has 156 valence electrons. The summed E-state index contributed by atoms with van der Waals surface area (Å²) in [5, 5.41) is 13.1. The monoisotopic (exact) mass is 431 g/mol. The molecule has 5 rings (SSSR count). The fraction of sp³-hybridized carbons (Fsp3) is 0.200. The number of benzene rings is 2. The highest BCUT2D eigenvalue weighted by atomic mass is 32.1. The fourth-order valence-electron chi connectivity index (χ4n) is 4.39. The van der Waals surface area contributed by atoms with Gasteiger partial charge in [-0.3, -0.25) is 14.5 Å². The van der Waals surface area contributed by atoms with E-state index in [1.807, 2.05) is 55.6 Å². The molecule has 1 amide bonds. The zero-order valence-corrected chi connectivity index (χ0v) is 18.0. The number of aliphatic hydroxyl groups excluding tert-OH is 1. The molecule has 1 saturated heterocycles. The molecule has 2 aromatic carbocycles. The van der Waals surface area contributed by atoms with Gasteiger partial charge in [-0.15, -0.1) is 11.3 Å². The molecule has 1 fully saturated rings. The molecular weight excluding hydrogens is 410 g/mol. The van der Waals surface area contributed by atoms with E-state index in [1.54, 1.807) is 12.1 Å². The number of amides is 1.